The fourth-order valence-electron chi connectivity index (χ4n) is 11.6. The molecule has 9 aromatic rings. The fourth-order valence-corrected chi connectivity index (χ4v) is 11.6. The number of methoxy groups -OCH3 is 1. The molecule has 0 saturated carbocycles. The van der Waals surface area contributed by atoms with Gasteiger partial charge in [0.2, 0.25) is 0 Å². The number of carbonyl (C=O) groups excluding carboxylic acids is 4. The van der Waals surface area contributed by atoms with Crippen molar-refractivity contribution in [1.29, 1.82) is 0 Å². The Morgan fingerprint density at radius 1 is 0.602 bits per heavy atom. The minimum absolute atomic E-state index is 0.140. The van der Waals surface area contributed by atoms with Crippen LogP contribution in [0.4, 0.5) is 32.3 Å². The lowest BCUT2D eigenvalue weighted by Gasteiger charge is -2.32. The minimum Gasteiger partial charge on any atom is -0.493 e. The molecule has 19 nitrogen and oxygen atoms in total. The molecule has 6 amide bonds. The standard InChI is InChI=1S/C41H47N5O4.C33H38N6O4/c1-5-30(6-2)43-41(48)44-31-16-21-34(22-17-31)50-38-23-18-32(26-39(38)49-4)42-40(47)29-14-19-33(20-15-29)46-27-36(35-12-8-9-13-37(35)46)28(3)45-24-10-7-11-25-45;1-23-20-27(8-13-31(23)43-30-11-6-26(7-12-30)35-33(42)36-37(2)3)34-32(41)25-4-9-28(10-5-25)39-19-14-24(22-39)21-38-17-15-29(40)16-18-38/h8-9,12-23,26-28,30H,5-7,10-11,24-25H2,1-4H3,(H,42,47)(H2,43,44,48);4-14,19-20,22,29,40H,15-18,21H2,1-3H3,(H,34,41)(H2,35,36,42). The number of nitrogens with one attached hydrogen (secondary N) is 6. The first-order valence-corrected chi connectivity index (χ1v) is 32.0. The zero-order valence-electron chi connectivity index (χ0n) is 54.1. The average molecular weight is 1260 g/mol. The third-order valence-corrected chi connectivity index (χ3v) is 16.9. The average Bonchev–Trinajstić information content (AvgIpc) is 1.70. The third kappa shape index (κ3) is 17.8. The highest BCUT2D eigenvalue weighted by Gasteiger charge is 2.23. The van der Waals surface area contributed by atoms with E-state index in [2.05, 4.69) is 101 Å². The van der Waals surface area contributed by atoms with E-state index in [0.29, 0.717) is 68.7 Å². The second kappa shape index (κ2) is 31.4. The molecule has 2 aliphatic rings. The number of aryl methyl sites for hydroxylation is 1. The van der Waals surface area contributed by atoms with Gasteiger partial charge in [-0.05, 0) is 222 Å². The van der Waals surface area contributed by atoms with E-state index >= 15 is 0 Å². The van der Waals surface area contributed by atoms with E-state index < -0.39 is 0 Å². The smallest absolute Gasteiger partial charge is 0.333 e. The van der Waals surface area contributed by atoms with Gasteiger partial charge in [0.05, 0.1) is 18.7 Å². The highest BCUT2D eigenvalue weighted by molar-refractivity contribution is 6.05. The number of anilines is 4. The molecule has 0 aliphatic carbocycles. The fraction of sp³-hybridized carbons (Fsp3) is 0.297. The summed E-state index contributed by atoms with van der Waals surface area (Å²) >= 11 is 0. The second-order valence-electron chi connectivity index (χ2n) is 23.9. The molecule has 0 radical (unpaired) electrons. The van der Waals surface area contributed by atoms with E-state index in [4.69, 9.17) is 14.2 Å². The molecule has 1 unspecified atom stereocenters. The highest BCUT2D eigenvalue weighted by atomic mass is 16.5. The molecule has 7 aromatic carbocycles. The number of likely N-dealkylation sites (tertiary alicyclic amines) is 2. The van der Waals surface area contributed by atoms with Crippen molar-refractivity contribution in [3.8, 4) is 40.1 Å². The molecule has 7 N–H and O–H groups in total. The predicted octanol–water partition coefficient (Wildman–Crippen LogP) is 14.9. The number of aliphatic hydroxyl groups is 1. The van der Waals surface area contributed by atoms with Crippen molar-refractivity contribution in [1.82, 2.24) is 34.7 Å². The van der Waals surface area contributed by atoms with Crippen LogP contribution in [0.25, 0.3) is 22.3 Å². The topological polar surface area (TPSA) is 208 Å². The molecule has 1 atom stereocenters. The Morgan fingerprint density at radius 2 is 1.16 bits per heavy atom. The van der Waals surface area contributed by atoms with Gasteiger partial charge in [-0.15, -0.1) is 0 Å². The zero-order valence-corrected chi connectivity index (χ0v) is 54.1. The number of ether oxygens (including phenoxy) is 3. The Bertz CT molecular complexity index is 3960. The van der Waals surface area contributed by atoms with Crippen molar-refractivity contribution >= 4 is 57.5 Å². The SMILES string of the molecule is CCC(CC)NC(=O)Nc1ccc(Oc2ccc(NC(=O)c3ccc(-n4cc(C(C)N5CCCCC5)c5ccccc54)cc3)cc2OC)cc1.Cc1cc(NC(=O)c2ccc(-n3ccc(CN4CCC(O)CC4)c3)cc2)ccc1Oc1ccc(NC(=O)NN(C)C)cc1. The maximum atomic E-state index is 13.3. The summed E-state index contributed by atoms with van der Waals surface area (Å²) in [4.78, 5) is 55.3. The van der Waals surface area contributed by atoms with Gasteiger partial charge < -0.3 is 55.0 Å². The van der Waals surface area contributed by atoms with E-state index in [1.807, 2.05) is 87.6 Å². The first kappa shape index (κ1) is 66.0. The number of fused-ring (bicyclic) bond motifs is 1. The molecule has 93 heavy (non-hydrogen) atoms. The van der Waals surface area contributed by atoms with Gasteiger partial charge in [-0.2, -0.15) is 0 Å². The number of hydrogen-bond acceptors (Lipinski definition) is 11. The number of para-hydroxylation sites is 1. The van der Waals surface area contributed by atoms with Crippen LogP contribution in [0, 0.1) is 6.92 Å². The Hall–Kier alpha value is -9.92. The van der Waals surface area contributed by atoms with Crippen molar-refractivity contribution in [3.05, 3.63) is 210 Å². The molecule has 0 spiro atoms. The molecular weight excluding hydrogens is 1170 g/mol. The maximum Gasteiger partial charge on any atom is 0.333 e. The first-order valence-electron chi connectivity index (χ1n) is 32.0. The largest absolute Gasteiger partial charge is 0.493 e. The van der Waals surface area contributed by atoms with E-state index in [0.717, 1.165) is 80.9 Å². The molecule has 484 valence electrons. The molecular formula is C74H85N11O8. The molecule has 11 rings (SSSR count). The lowest BCUT2D eigenvalue weighted by molar-refractivity contribution is 0.0792. The number of amides is 6. The molecule has 19 heteroatoms. The van der Waals surface area contributed by atoms with Crippen LogP contribution in [0.3, 0.4) is 0 Å². The maximum absolute atomic E-state index is 13.3. The number of rotatable bonds is 21. The monoisotopic (exact) mass is 1260 g/mol. The van der Waals surface area contributed by atoms with E-state index in [9.17, 15) is 24.3 Å². The summed E-state index contributed by atoms with van der Waals surface area (Å²) in [6.45, 7) is 13.3. The Labute approximate surface area is 544 Å². The zero-order chi connectivity index (χ0) is 65.4. The van der Waals surface area contributed by atoms with Gasteiger partial charge in [0.25, 0.3) is 11.8 Å². The molecule has 2 fully saturated rings. The number of benzene rings is 7. The molecule has 2 aromatic heterocycles. The summed E-state index contributed by atoms with van der Waals surface area (Å²) in [7, 11) is 5.03. The van der Waals surface area contributed by atoms with Crippen LogP contribution in [0.5, 0.6) is 28.7 Å². The minimum atomic E-state index is -0.329. The number of aromatic nitrogens is 2. The van der Waals surface area contributed by atoms with Gasteiger partial charge in [-0.1, -0.05) is 38.5 Å². The van der Waals surface area contributed by atoms with E-state index in [1.165, 1.54) is 35.8 Å². The molecule has 2 saturated heterocycles. The summed E-state index contributed by atoms with van der Waals surface area (Å²) in [6.07, 6.45) is 13.5. The normalized spacial score (nSPS) is 14.0. The van der Waals surface area contributed by atoms with Crippen LogP contribution in [0.2, 0.25) is 0 Å². The van der Waals surface area contributed by atoms with Crippen LogP contribution in [0.1, 0.15) is 109 Å². The molecule has 0 bridgehead atoms. The number of nitrogens with zero attached hydrogens (tertiary/aromatic N) is 5. The summed E-state index contributed by atoms with van der Waals surface area (Å²) in [5.41, 5.74) is 12.9. The number of hydrazine groups is 1. The number of hydrogen-bond donors (Lipinski definition) is 7. The van der Waals surface area contributed by atoms with Crippen molar-refractivity contribution in [2.75, 3.05) is 68.7 Å². The van der Waals surface area contributed by atoms with Crippen molar-refractivity contribution in [2.24, 2.45) is 0 Å². The van der Waals surface area contributed by atoms with Crippen LogP contribution in [-0.2, 0) is 6.54 Å². The van der Waals surface area contributed by atoms with Crippen LogP contribution >= 0.6 is 0 Å². The predicted molar refractivity (Wildman–Crippen MR) is 369 cm³/mol. The van der Waals surface area contributed by atoms with Crippen LogP contribution < -0.4 is 46.2 Å². The highest BCUT2D eigenvalue weighted by Crippen LogP contribution is 2.37. The third-order valence-electron chi connectivity index (χ3n) is 16.9. The van der Waals surface area contributed by atoms with E-state index in [-0.39, 0.29) is 36.0 Å². The van der Waals surface area contributed by atoms with Gasteiger partial charge >= 0.3 is 12.1 Å². The molecule has 4 heterocycles. The number of piperidine rings is 2. The quantitative estimate of drug-likeness (QED) is 0.0337. The van der Waals surface area contributed by atoms with Crippen molar-refractivity contribution < 1.29 is 38.5 Å². The summed E-state index contributed by atoms with van der Waals surface area (Å²) < 4.78 is 22.0. The number of carbonyl (C=O) groups is 4. The number of aliphatic hydroxyl groups excluding tert-OH is 1. The van der Waals surface area contributed by atoms with E-state index in [1.54, 1.807) is 99.0 Å². The van der Waals surface area contributed by atoms with Crippen molar-refractivity contribution in [3.63, 3.8) is 0 Å². The lowest BCUT2D eigenvalue weighted by Crippen LogP contribution is -2.39. The summed E-state index contributed by atoms with van der Waals surface area (Å²) in [6, 6.07) is 50.7. The number of urea groups is 2. The van der Waals surface area contributed by atoms with Crippen LogP contribution in [-0.4, -0.2) is 112 Å². The second-order valence-corrected chi connectivity index (χ2v) is 23.9. The summed E-state index contributed by atoms with van der Waals surface area (Å²) in [5.74, 6) is 2.42. The summed E-state index contributed by atoms with van der Waals surface area (Å²) in [5, 5.41) is 27.1. The molecule has 2 aliphatic heterocycles. The van der Waals surface area contributed by atoms with Crippen LogP contribution in [0.15, 0.2) is 182 Å². The lowest BCUT2D eigenvalue weighted by atomic mass is 10.0. The Morgan fingerprint density at radius 3 is 1.75 bits per heavy atom. The van der Waals surface area contributed by atoms with Gasteiger partial charge in [0, 0.05) is 121 Å². The van der Waals surface area contributed by atoms with Gasteiger partial charge in [0.1, 0.15) is 17.2 Å². The van der Waals surface area contributed by atoms with Gasteiger partial charge in [0.15, 0.2) is 11.5 Å². The Balaban J connectivity index is 0.000000206. The first-order chi connectivity index (χ1) is 45.1. The van der Waals surface area contributed by atoms with Crippen molar-refractivity contribution in [2.45, 2.75) is 97.4 Å². The Kier molecular flexibility index (Phi) is 22.3. The van der Waals surface area contributed by atoms with Gasteiger partial charge in [-0.25, -0.2) is 14.6 Å². The van der Waals surface area contributed by atoms with Gasteiger partial charge in [-0.3, -0.25) is 24.8 Å².